The van der Waals surface area contributed by atoms with Gasteiger partial charge in [0.15, 0.2) is 5.96 Å². The second-order valence-electron chi connectivity index (χ2n) is 6.24. The summed E-state index contributed by atoms with van der Waals surface area (Å²) in [6, 6.07) is 0. The van der Waals surface area contributed by atoms with Crippen molar-refractivity contribution in [3.63, 3.8) is 0 Å². The van der Waals surface area contributed by atoms with E-state index in [-0.39, 0.29) is 24.0 Å². The quantitative estimate of drug-likeness (QED) is 0.236. The zero-order valence-electron chi connectivity index (χ0n) is 13.0. The van der Waals surface area contributed by atoms with Crippen LogP contribution in [0.4, 0.5) is 0 Å². The molecule has 0 aromatic heterocycles. The normalized spacial score (nSPS) is 20.6. The smallest absolute Gasteiger partial charge is 0.193 e. The standard InChI is InChI=1S/C16H29N3.HI/c1-4-5-6-12-19(3)15(17-2)18-13-16(10-7-11-16)14-8-9-14;/h4,14H,1,5-13H2,2-3H3,(H,17,18);1H. The molecular formula is C16H30IN3. The van der Waals surface area contributed by atoms with Crippen molar-refractivity contribution in [3.05, 3.63) is 12.7 Å². The zero-order valence-corrected chi connectivity index (χ0v) is 15.4. The fourth-order valence-electron chi connectivity index (χ4n) is 3.27. The summed E-state index contributed by atoms with van der Waals surface area (Å²) in [6.07, 6.45) is 11.4. The van der Waals surface area contributed by atoms with Gasteiger partial charge in [-0.2, -0.15) is 0 Å². The molecule has 3 nitrogen and oxygen atoms in total. The lowest BCUT2D eigenvalue weighted by Crippen LogP contribution is -2.48. The van der Waals surface area contributed by atoms with Crippen LogP contribution in [0.15, 0.2) is 17.6 Å². The summed E-state index contributed by atoms with van der Waals surface area (Å²) in [7, 11) is 4.01. The van der Waals surface area contributed by atoms with Crippen molar-refractivity contribution in [1.82, 2.24) is 10.2 Å². The first kappa shape index (κ1) is 17.8. The maximum Gasteiger partial charge on any atom is 0.193 e. The lowest BCUT2D eigenvalue weighted by molar-refractivity contribution is 0.105. The minimum atomic E-state index is 0. The molecule has 116 valence electrons. The largest absolute Gasteiger partial charge is 0.356 e. The Balaban J connectivity index is 0.00000200. The average Bonchev–Trinajstić information content (AvgIpc) is 3.17. The van der Waals surface area contributed by atoms with Crippen LogP contribution in [-0.2, 0) is 0 Å². The van der Waals surface area contributed by atoms with Gasteiger partial charge in [-0.15, -0.1) is 30.6 Å². The van der Waals surface area contributed by atoms with Crippen LogP contribution in [-0.4, -0.2) is 38.0 Å². The first-order valence-corrected chi connectivity index (χ1v) is 7.74. The van der Waals surface area contributed by atoms with Gasteiger partial charge in [0.25, 0.3) is 0 Å². The van der Waals surface area contributed by atoms with E-state index in [0.717, 1.165) is 37.8 Å². The molecule has 2 aliphatic carbocycles. The van der Waals surface area contributed by atoms with Gasteiger partial charge in [0.1, 0.15) is 0 Å². The van der Waals surface area contributed by atoms with Crippen molar-refractivity contribution in [2.75, 3.05) is 27.2 Å². The van der Waals surface area contributed by atoms with Gasteiger partial charge in [-0.1, -0.05) is 12.5 Å². The Kier molecular flexibility index (Phi) is 7.34. The summed E-state index contributed by atoms with van der Waals surface area (Å²) in [5.41, 5.74) is 0.609. The third kappa shape index (κ3) is 4.37. The van der Waals surface area contributed by atoms with Gasteiger partial charge in [-0.25, -0.2) is 0 Å². The highest BCUT2D eigenvalue weighted by molar-refractivity contribution is 14.0. The molecule has 2 rings (SSSR count). The first-order chi connectivity index (χ1) is 9.22. The summed E-state index contributed by atoms with van der Waals surface area (Å²) in [6.45, 7) is 5.94. The third-order valence-corrected chi connectivity index (χ3v) is 4.87. The highest BCUT2D eigenvalue weighted by Crippen LogP contribution is 2.56. The van der Waals surface area contributed by atoms with Crippen LogP contribution in [0.1, 0.15) is 44.9 Å². The van der Waals surface area contributed by atoms with E-state index < -0.39 is 0 Å². The number of nitrogens with zero attached hydrogens (tertiary/aromatic N) is 2. The van der Waals surface area contributed by atoms with Crippen LogP contribution in [0.3, 0.4) is 0 Å². The number of allylic oxidation sites excluding steroid dienone is 1. The van der Waals surface area contributed by atoms with Gasteiger partial charge < -0.3 is 10.2 Å². The second kappa shape index (κ2) is 8.25. The molecule has 2 fully saturated rings. The van der Waals surface area contributed by atoms with Crippen LogP contribution >= 0.6 is 24.0 Å². The Morgan fingerprint density at radius 3 is 2.60 bits per heavy atom. The maximum absolute atomic E-state index is 4.41. The molecule has 0 aromatic carbocycles. The van der Waals surface area contributed by atoms with E-state index in [0.29, 0.717) is 5.41 Å². The number of guanidine groups is 1. The fraction of sp³-hybridized carbons (Fsp3) is 0.812. The van der Waals surface area contributed by atoms with Crippen molar-refractivity contribution in [3.8, 4) is 0 Å². The third-order valence-electron chi connectivity index (χ3n) is 4.87. The van der Waals surface area contributed by atoms with E-state index >= 15 is 0 Å². The Morgan fingerprint density at radius 1 is 1.45 bits per heavy atom. The van der Waals surface area contributed by atoms with Crippen molar-refractivity contribution in [1.29, 1.82) is 0 Å². The molecule has 4 heteroatoms. The molecule has 2 saturated carbocycles. The molecule has 0 spiro atoms. The minimum absolute atomic E-state index is 0. The summed E-state index contributed by atoms with van der Waals surface area (Å²) < 4.78 is 0. The van der Waals surface area contributed by atoms with E-state index in [9.17, 15) is 0 Å². The van der Waals surface area contributed by atoms with E-state index in [1.165, 1.54) is 32.1 Å². The highest BCUT2D eigenvalue weighted by Gasteiger charge is 2.48. The Hall–Kier alpha value is -0.260. The minimum Gasteiger partial charge on any atom is -0.356 e. The van der Waals surface area contributed by atoms with Gasteiger partial charge in [-0.05, 0) is 49.9 Å². The molecule has 0 aliphatic heterocycles. The van der Waals surface area contributed by atoms with Gasteiger partial charge in [0.05, 0.1) is 0 Å². The molecule has 0 aromatic rings. The molecule has 0 amide bonds. The Labute approximate surface area is 141 Å². The van der Waals surface area contributed by atoms with E-state index in [1.807, 2.05) is 13.1 Å². The topological polar surface area (TPSA) is 27.6 Å². The highest BCUT2D eigenvalue weighted by atomic mass is 127. The molecule has 20 heavy (non-hydrogen) atoms. The average molecular weight is 391 g/mol. The second-order valence-corrected chi connectivity index (χ2v) is 6.24. The fourth-order valence-corrected chi connectivity index (χ4v) is 3.27. The van der Waals surface area contributed by atoms with Crippen molar-refractivity contribution < 1.29 is 0 Å². The molecule has 0 heterocycles. The van der Waals surface area contributed by atoms with Crippen LogP contribution in [0.25, 0.3) is 0 Å². The van der Waals surface area contributed by atoms with Crippen molar-refractivity contribution >= 4 is 29.9 Å². The van der Waals surface area contributed by atoms with Gasteiger partial charge in [0, 0.05) is 27.2 Å². The number of rotatable bonds is 7. The summed E-state index contributed by atoms with van der Waals surface area (Å²) in [5, 5.41) is 3.61. The molecular weight excluding hydrogens is 361 g/mol. The molecule has 1 N–H and O–H groups in total. The van der Waals surface area contributed by atoms with Gasteiger partial charge >= 0.3 is 0 Å². The number of unbranched alkanes of at least 4 members (excludes halogenated alkanes) is 1. The lowest BCUT2D eigenvalue weighted by atomic mass is 9.65. The van der Waals surface area contributed by atoms with Crippen LogP contribution in [0.2, 0.25) is 0 Å². The summed E-state index contributed by atoms with van der Waals surface area (Å²) in [4.78, 5) is 6.65. The van der Waals surface area contributed by atoms with E-state index in [4.69, 9.17) is 0 Å². The predicted octanol–water partition coefficient (Wildman–Crippen LogP) is 3.66. The molecule has 0 bridgehead atoms. The number of hydrogen-bond acceptors (Lipinski definition) is 1. The van der Waals surface area contributed by atoms with E-state index in [1.54, 1.807) is 0 Å². The molecule has 0 radical (unpaired) electrons. The molecule has 2 aliphatic rings. The number of halogens is 1. The Morgan fingerprint density at radius 2 is 2.15 bits per heavy atom. The van der Waals surface area contributed by atoms with Crippen molar-refractivity contribution in [2.45, 2.75) is 44.9 Å². The first-order valence-electron chi connectivity index (χ1n) is 7.74. The van der Waals surface area contributed by atoms with Gasteiger partial charge in [0.2, 0.25) is 0 Å². The number of aliphatic imine (C=N–C) groups is 1. The van der Waals surface area contributed by atoms with E-state index in [2.05, 4.69) is 28.8 Å². The Bertz CT molecular complexity index is 333. The summed E-state index contributed by atoms with van der Waals surface area (Å²) in [5.74, 6) is 2.05. The lowest BCUT2D eigenvalue weighted by Gasteiger charge is -2.43. The number of hydrogen-bond donors (Lipinski definition) is 1. The van der Waals surface area contributed by atoms with Crippen LogP contribution in [0, 0.1) is 11.3 Å². The van der Waals surface area contributed by atoms with Gasteiger partial charge in [-0.3, -0.25) is 4.99 Å². The zero-order chi connectivity index (χ0) is 13.7. The molecule has 0 atom stereocenters. The monoisotopic (exact) mass is 391 g/mol. The predicted molar refractivity (Wildman–Crippen MR) is 97.8 cm³/mol. The number of nitrogens with one attached hydrogen (secondary N) is 1. The van der Waals surface area contributed by atoms with Crippen LogP contribution < -0.4 is 5.32 Å². The maximum atomic E-state index is 4.41. The SMILES string of the molecule is C=CCCCN(C)C(=NC)NCC1(C2CC2)CCC1.I. The summed E-state index contributed by atoms with van der Waals surface area (Å²) >= 11 is 0. The van der Waals surface area contributed by atoms with Crippen molar-refractivity contribution in [2.24, 2.45) is 16.3 Å². The van der Waals surface area contributed by atoms with Crippen LogP contribution in [0.5, 0.6) is 0 Å². The molecule has 0 saturated heterocycles. The molecule has 0 unspecified atom stereocenters.